The molecule has 3 aliphatic rings. The summed E-state index contributed by atoms with van der Waals surface area (Å²) in [7, 11) is -1.93. The van der Waals surface area contributed by atoms with Gasteiger partial charge in [-0.3, -0.25) is 0 Å². The molecule has 0 radical (unpaired) electrons. The van der Waals surface area contributed by atoms with Crippen molar-refractivity contribution in [3.05, 3.63) is 374 Å². The lowest BCUT2D eigenvalue weighted by molar-refractivity contribution is 0.633. The van der Waals surface area contributed by atoms with Crippen LogP contribution in [0.25, 0.3) is 84.1 Å². The van der Waals surface area contributed by atoms with Gasteiger partial charge in [-0.15, -0.1) is 22.7 Å². The van der Waals surface area contributed by atoms with Gasteiger partial charge in [0.2, 0.25) is 0 Å². The zero-order valence-electron chi connectivity index (χ0n) is 62.0. The van der Waals surface area contributed by atoms with Crippen molar-refractivity contribution in [1.82, 2.24) is 0 Å². The van der Waals surface area contributed by atoms with Gasteiger partial charge >= 0.3 is 0 Å². The smallest absolute Gasteiger partial charge is 0.123 e. The summed E-state index contributed by atoms with van der Waals surface area (Å²) in [5, 5.41) is 13.4. The minimum Gasteiger partial charge on any atom is -0.310 e. The van der Waals surface area contributed by atoms with Crippen LogP contribution in [-0.4, -0.2) is 8.07 Å². The van der Waals surface area contributed by atoms with E-state index in [-0.39, 0.29) is 10.8 Å². The molecule has 0 saturated carbocycles. The molecular formula is C102H80N4S2Si. The van der Waals surface area contributed by atoms with E-state index in [1.54, 1.807) is 10.4 Å². The summed E-state index contributed by atoms with van der Waals surface area (Å²) in [6.45, 7) is 14.4. The van der Waals surface area contributed by atoms with Crippen LogP contribution < -0.4 is 30.0 Å². The maximum absolute atomic E-state index is 2.56. The van der Waals surface area contributed by atoms with Crippen LogP contribution in [0.5, 0.6) is 0 Å². The lowest BCUT2D eigenvalue weighted by Gasteiger charge is -2.44. The van der Waals surface area contributed by atoms with Gasteiger partial charge in [-0.05, 0) is 187 Å². The molecule has 0 saturated heterocycles. The van der Waals surface area contributed by atoms with E-state index in [4.69, 9.17) is 0 Å². The van der Waals surface area contributed by atoms with Gasteiger partial charge in [-0.1, -0.05) is 284 Å². The number of anilines is 12. The van der Waals surface area contributed by atoms with Gasteiger partial charge in [0.25, 0.3) is 0 Å². The number of benzene rings is 16. The van der Waals surface area contributed by atoms with E-state index in [0.29, 0.717) is 0 Å². The summed E-state index contributed by atoms with van der Waals surface area (Å²) < 4.78 is 5.32. The Kier molecular flexibility index (Phi) is 15.9. The Morgan fingerprint density at radius 2 is 0.642 bits per heavy atom. The molecule has 0 spiro atoms. The maximum atomic E-state index is 2.56. The van der Waals surface area contributed by atoms with E-state index in [2.05, 4.69) is 413 Å². The van der Waals surface area contributed by atoms with E-state index < -0.39 is 8.07 Å². The number of rotatable bonds is 10. The normalized spacial score (nSPS) is 14.2. The number of nitrogens with zero attached hydrogens (tertiary/aromatic N) is 4. The molecule has 2 aromatic heterocycles. The Labute approximate surface area is 646 Å². The van der Waals surface area contributed by atoms with Gasteiger partial charge < -0.3 is 19.6 Å². The molecule has 0 unspecified atom stereocenters. The fraction of sp³-hybridized carbons (Fsp3) is 0.0980. The number of hydrogen-bond acceptors (Lipinski definition) is 6. The van der Waals surface area contributed by atoms with Gasteiger partial charge in [-0.2, -0.15) is 0 Å². The van der Waals surface area contributed by atoms with Crippen LogP contribution in [0.15, 0.2) is 352 Å². The summed E-state index contributed by atoms with van der Waals surface area (Å²) in [6, 6.07) is 133. The van der Waals surface area contributed by atoms with Gasteiger partial charge in [0.1, 0.15) is 8.07 Å². The first-order chi connectivity index (χ1) is 53.4. The van der Waals surface area contributed by atoms with Gasteiger partial charge in [0.05, 0.1) is 34.1 Å². The molecule has 18 aromatic rings. The standard InChI is InChI=1S/C55H40N2S.C47H40N2SSi/c1-55(2)49-18-10-11-19-51(49)57(52-36-54-48(35-50(52)55)47-17-9-12-20-53(47)58-54)46-32-26-41-33-45(31-25-42(41)34-46)56(43-27-21-39(22-28-43)37-13-5-3-6-14-37)44-29-23-40(24-30-44)38-15-7-4-8-16-38;1-5-51(6-2)45-27-13-10-22-40(45)49(41-23-11-14-28-46(41)51)38-25-16-18-31-32(38)19-15-24-37(31)48-39-21-9-8-20-35(39)47(3,4)36-29-34-33-17-7-12-26-43(33)50-44(34)30-42(36)48/h3-36H,1-2H3;7-30H,5-6H2,1-4H3. The molecule has 16 aromatic carbocycles. The predicted molar refractivity (Wildman–Crippen MR) is 474 cm³/mol. The molecule has 0 amide bonds. The van der Waals surface area contributed by atoms with Crippen LogP contribution in [0.1, 0.15) is 63.8 Å². The number of thiophene rings is 2. The second kappa shape index (κ2) is 26.1. The van der Waals surface area contributed by atoms with Crippen molar-refractivity contribution in [2.24, 2.45) is 0 Å². The first-order valence-electron chi connectivity index (χ1n) is 38.3. The summed E-state index contributed by atoms with van der Waals surface area (Å²) in [6.07, 6.45) is 0. The first kappa shape index (κ1) is 66.3. The highest BCUT2D eigenvalue weighted by molar-refractivity contribution is 7.26. The van der Waals surface area contributed by atoms with Gasteiger partial charge in [-0.25, -0.2) is 0 Å². The highest BCUT2D eigenvalue weighted by atomic mass is 32.1. The third-order valence-electron chi connectivity index (χ3n) is 24.1. The summed E-state index contributed by atoms with van der Waals surface area (Å²) in [4.78, 5) is 9.97. The molecule has 5 heterocycles. The van der Waals surface area contributed by atoms with E-state index in [9.17, 15) is 0 Å². The molecule has 0 N–H and O–H groups in total. The molecule has 4 nitrogen and oxygen atoms in total. The minimum absolute atomic E-state index is 0.159. The number of fused-ring (bicyclic) bond motifs is 14. The molecule has 7 heteroatoms. The third-order valence-corrected chi connectivity index (χ3v) is 31.7. The third kappa shape index (κ3) is 10.6. The molecular weight excluding hydrogens is 1370 g/mol. The minimum atomic E-state index is -1.93. The van der Waals surface area contributed by atoms with E-state index in [0.717, 1.165) is 22.7 Å². The highest BCUT2D eigenvalue weighted by Gasteiger charge is 2.44. The van der Waals surface area contributed by atoms with Crippen molar-refractivity contribution in [2.45, 2.75) is 64.5 Å². The van der Waals surface area contributed by atoms with Crippen LogP contribution in [-0.2, 0) is 10.8 Å². The molecule has 3 aliphatic heterocycles. The fourth-order valence-corrected chi connectivity index (χ4v) is 25.3. The lowest BCUT2D eigenvalue weighted by Crippen LogP contribution is -2.61. The van der Waals surface area contributed by atoms with Crippen molar-refractivity contribution in [3.63, 3.8) is 0 Å². The monoisotopic (exact) mass is 1450 g/mol. The van der Waals surface area contributed by atoms with E-state index in [1.807, 2.05) is 22.7 Å². The van der Waals surface area contributed by atoms with Crippen molar-refractivity contribution in [3.8, 4) is 22.3 Å². The Bertz CT molecular complexity index is 6480. The van der Waals surface area contributed by atoms with Crippen molar-refractivity contribution in [2.75, 3.05) is 19.6 Å². The van der Waals surface area contributed by atoms with E-state index in [1.165, 1.54) is 164 Å². The molecule has 0 atom stereocenters. The SMILES string of the molecule is CC1(C)c2ccccc2N(c2ccc3cc(N(c4ccc(-c5ccccc5)cc4)c4ccc(-c5ccccc5)cc4)ccc3c2)c2cc3sc4ccccc4c3cc21.CC[Si]1(CC)c2ccccc2N(c2cccc3c(N4c5ccccc5C(C)(C)c5cc6c(cc54)sc4ccccc46)cccc23)c2ccccc21. The molecule has 524 valence electrons. The van der Waals surface area contributed by atoms with Crippen LogP contribution in [0.4, 0.5) is 68.2 Å². The Hall–Kier alpha value is -12.1. The van der Waals surface area contributed by atoms with Crippen molar-refractivity contribution >= 4 is 171 Å². The molecule has 0 fully saturated rings. The fourth-order valence-electron chi connectivity index (χ4n) is 18.5. The average molecular weight is 1450 g/mol. The first-order valence-corrected chi connectivity index (χ1v) is 42.4. The average Bonchev–Trinajstić information content (AvgIpc) is 1.66. The Balaban J connectivity index is 0.000000144. The lowest BCUT2D eigenvalue weighted by atomic mass is 9.73. The van der Waals surface area contributed by atoms with Gasteiger partial charge in [0, 0.05) is 96.1 Å². The predicted octanol–water partition coefficient (Wildman–Crippen LogP) is 28.8. The Morgan fingerprint density at radius 3 is 1.15 bits per heavy atom. The largest absolute Gasteiger partial charge is 0.310 e. The Morgan fingerprint density at radius 1 is 0.266 bits per heavy atom. The quantitative estimate of drug-likeness (QED) is 0.127. The second-order valence-corrected chi connectivity index (χ2v) is 37.4. The maximum Gasteiger partial charge on any atom is 0.123 e. The van der Waals surface area contributed by atoms with Crippen LogP contribution >= 0.6 is 22.7 Å². The van der Waals surface area contributed by atoms with Crippen molar-refractivity contribution < 1.29 is 0 Å². The molecule has 109 heavy (non-hydrogen) atoms. The molecule has 0 aliphatic carbocycles. The van der Waals surface area contributed by atoms with Crippen LogP contribution in [0, 0.1) is 0 Å². The zero-order chi connectivity index (χ0) is 73.3. The number of para-hydroxylation sites is 4. The summed E-state index contributed by atoms with van der Waals surface area (Å²) in [5.74, 6) is 0. The second-order valence-electron chi connectivity index (χ2n) is 30.6. The summed E-state index contributed by atoms with van der Waals surface area (Å²) >= 11 is 3.78. The zero-order valence-corrected chi connectivity index (χ0v) is 64.6. The van der Waals surface area contributed by atoms with Crippen LogP contribution in [0.3, 0.4) is 0 Å². The molecule has 0 bridgehead atoms. The molecule has 21 rings (SSSR count). The van der Waals surface area contributed by atoms with Crippen molar-refractivity contribution in [1.29, 1.82) is 0 Å². The van der Waals surface area contributed by atoms with E-state index >= 15 is 0 Å². The topological polar surface area (TPSA) is 13.0 Å². The highest BCUT2D eigenvalue weighted by Crippen LogP contribution is 2.58. The van der Waals surface area contributed by atoms with Gasteiger partial charge in [0.15, 0.2) is 0 Å². The number of hydrogen-bond donors (Lipinski definition) is 0. The van der Waals surface area contributed by atoms with Crippen LogP contribution in [0.2, 0.25) is 12.1 Å². The summed E-state index contributed by atoms with van der Waals surface area (Å²) in [5.41, 5.74) is 24.5.